The van der Waals surface area contributed by atoms with Gasteiger partial charge in [-0.3, -0.25) is 0 Å². The van der Waals surface area contributed by atoms with Crippen LogP contribution in [0.4, 0.5) is 0 Å². The van der Waals surface area contributed by atoms with Crippen LogP contribution in [0.25, 0.3) is 0 Å². The van der Waals surface area contributed by atoms with Gasteiger partial charge in [0.05, 0.1) is 14.7 Å². The molecular formula is C16H28OSi. The van der Waals surface area contributed by atoms with E-state index in [9.17, 15) is 0 Å². The average molecular weight is 264 g/mol. The molecule has 1 aromatic rings. The Labute approximate surface area is 114 Å². The van der Waals surface area contributed by atoms with Crippen molar-refractivity contribution < 1.29 is 4.74 Å². The Morgan fingerprint density at radius 3 is 1.89 bits per heavy atom. The number of ether oxygens (including phenoxy) is 1. The standard InChI is InChI=1S/C16H28OSi/c1-5-9-14-17-15-10-12-16(13-11-15)18(6-2,7-3)8-4/h10-13H,5-9,14H2,1-4H3. The first kappa shape index (κ1) is 15.3. The van der Waals surface area contributed by atoms with E-state index < -0.39 is 8.07 Å². The van der Waals surface area contributed by atoms with E-state index in [0.717, 1.165) is 18.8 Å². The van der Waals surface area contributed by atoms with E-state index in [-0.39, 0.29) is 0 Å². The van der Waals surface area contributed by atoms with Crippen LogP contribution in [-0.2, 0) is 0 Å². The predicted octanol–water partition coefficient (Wildman–Crippen LogP) is 4.58. The highest BCUT2D eigenvalue weighted by Gasteiger charge is 2.28. The largest absolute Gasteiger partial charge is 0.494 e. The number of hydrogen-bond acceptors (Lipinski definition) is 1. The summed E-state index contributed by atoms with van der Waals surface area (Å²) in [5.74, 6) is 1.03. The van der Waals surface area contributed by atoms with E-state index >= 15 is 0 Å². The van der Waals surface area contributed by atoms with Gasteiger partial charge in [0.1, 0.15) is 5.75 Å². The van der Waals surface area contributed by atoms with Gasteiger partial charge in [-0.1, -0.05) is 69.6 Å². The molecule has 0 aliphatic rings. The smallest absolute Gasteiger partial charge is 0.119 e. The Morgan fingerprint density at radius 2 is 1.44 bits per heavy atom. The van der Waals surface area contributed by atoms with E-state index in [1.54, 1.807) is 5.19 Å². The van der Waals surface area contributed by atoms with Gasteiger partial charge in [-0.15, -0.1) is 0 Å². The van der Waals surface area contributed by atoms with Crippen molar-refractivity contribution in [3.63, 3.8) is 0 Å². The number of benzene rings is 1. The SMILES string of the molecule is CCCCOc1ccc([Si](CC)(CC)CC)cc1. The maximum atomic E-state index is 5.73. The lowest BCUT2D eigenvalue weighted by Gasteiger charge is -2.28. The van der Waals surface area contributed by atoms with Crippen LogP contribution in [0.1, 0.15) is 40.5 Å². The third kappa shape index (κ3) is 3.61. The molecule has 0 heterocycles. The molecule has 0 aliphatic heterocycles. The second-order valence-electron chi connectivity index (χ2n) is 5.07. The second-order valence-corrected chi connectivity index (χ2v) is 10.3. The van der Waals surface area contributed by atoms with Gasteiger partial charge in [0.25, 0.3) is 0 Å². The highest BCUT2D eigenvalue weighted by molar-refractivity contribution is 6.91. The van der Waals surface area contributed by atoms with E-state index in [1.807, 2.05) is 0 Å². The topological polar surface area (TPSA) is 9.23 Å². The summed E-state index contributed by atoms with van der Waals surface area (Å²) in [6.07, 6.45) is 2.33. The van der Waals surface area contributed by atoms with E-state index in [1.165, 1.54) is 24.6 Å². The molecule has 0 radical (unpaired) electrons. The molecule has 102 valence electrons. The first-order valence-corrected chi connectivity index (χ1v) is 10.1. The quantitative estimate of drug-likeness (QED) is 0.493. The first-order valence-electron chi connectivity index (χ1n) is 7.45. The highest BCUT2D eigenvalue weighted by atomic mass is 28.3. The van der Waals surface area contributed by atoms with Gasteiger partial charge in [-0.05, 0) is 18.6 Å². The maximum Gasteiger partial charge on any atom is 0.119 e. The lowest BCUT2D eigenvalue weighted by atomic mass is 10.3. The summed E-state index contributed by atoms with van der Waals surface area (Å²) < 4.78 is 5.73. The fraction of sp³-hybridized carbons (Fsp3) is 0.625. The Bertz CT molecular complexity index is 319. The van der Waals surface area contributed by atoms with Gasteiger partial charge in [-0.2, -0.15) is 0 Å². The van der Waals surface area contributed by atoms with Crippen molar-refractivity contribution in [1.82, 2.24) is 0 Å². The molecular weight excluding hydrogens is 236 g/mol. The van der Waals surface area contributed by atoms with Crippen molar-refractivity contribution >= 4 is 13.3 Å². The summed E-state index contributed by atoms with van der Waals surface area (Å²) >= 11 is 0. The molecule has 1 nitrogen and oxygen atoms in total. The molecule has 0 spiro atoms. The monoisotopic (exact) mass is 264 g/mol. The van der Waals surface area contributed by atoms with Crippen molar-refractivity contribution in [2.45, 2.75) is 58.7 Å². The van der Waals surface area contributed by atoms with E-state index in [0.29, 0.717) is 0 Å². The summed E-state index contributed by atoms with van der Waals surface area (Å²) in [5.41, 5.74) is 0. The Morgan fingerprint density at radius 1 is 0.889 bits per heavy atom. The molecule has 1 aromatic carbocycles. The summed E-state index contributed by atoms with van der Waals surface area (Å²) in [7, 11) is -1.21. The Kier molecular flexibility index (Phi) is 6.48. The lowest BCUT2D eigenvalue weighted by molar-refractivity contribution is 0.309. The number of rotatable bonds is 8. The van der Waals surface area contributed by atoms with Crippen molar-refractivity contribution in [2.24, 2.45) is 0 Å². The van der Waals surface area contributed by atoms with Gasteiger partial charge in [-0.25, -0.2) is 0 Å². The fourth-order valence-electron chi connectivity index (χ4n) is 2.60. The summed E-state index contributed by atoms with van der Waals surface area (Å²) in [5, 5.41) is 1.60. The molecule has 0 atom stereocenters. The van der Waals surface area contributed by atoms with Gasteiger partial charge >= 0.3 is 0 Å². The van der Waals surface area contributed by atoms with E-state index in [4.69, 9.17) is 4.74 Å². The maximum absolute atomic E-state index is 5.73. The normalized spacial score (nSPS) is 11.6. The second kappa shape index (κ2) is 7.62. The van der Waals surface area contributed by atoms with Crippen LogP contribution >= 0.6 is 0 Å². The molecule has 0 saturated carbocycles. The number of hydrogen-bond donors (Lipinski definition) is 0. The molecule has 0 aromatic heterocycles. The molecule has 0 amide bonds. The molecule has 2 heteroatoms. The zero-order valence-corrected chi connectivity index (χ0v) is 13.5. The summed E-state index contributed by atoms with van der Waals surface area (Å²) in [4.78, 5) is 0. The van der Waals surface area contributed by atoms with Gasteiger partial charge in [0.2, 0.25) is 0 Å². The van der Waals surface area contributed by atoms with Crippen LogP contribution in [0, 0.1) is 0 Å². The average Bonchev–Trinajstić information content (AvgIpc) is 2.43. The van der Waals surface area contributed by atoms with Crippen molar-refractivity contribution in [2.75, 3.05) is 6.61 Å². The van der Waals surface area contributed by atoms with Crippen LogP contribution in [0.2, 0.25) is 18.1 Å². The van der Waals surface area contributed by atoms with Crippen LogP contribution in [0.15, 0.2) is 24.3 Å². The third-order valence-corrected chi connectivity index (χ3v) is 9.88. The Hall–Kier alpha value is -0.763. The molecule has 0 bridgehead atoms. The molecule has 0 unspecified atom stereocenters. The van der Waals surface area contributed by atoms with E-state index in [2.05, 4.69) is 52.0 Å². The molecule has 0 aliphatic carbocycles. The van der Waals surface area contributed by atoms with Crippen LogP contribution in [-0.4, -0.2) is 14.7 Å². The van der Waals surface area contributed by atoms with Gasteiger partial charge in [0, 0.05) is 0 Å². The van der Waals surface area contributed by atoms with Crippen molar-refractivity contribution in [3.8, 4) is 5.75 Å². The first-order chi connectivity index (χ1) is 8.72. The predicted molar refractivity (Wildman–Crippen MR) is 83.7 cm³/mol. The third-order valence-electron chi connectivity index (χ3n) is 4.26. The lowest BCUT2D eigenvalue weighted by Crippen LogP contribution is -2.45. The Balaban J connectivity index is 2.74. The zero-order chi connectivity index (χ0) is 13.4. The highest BCUT2D eigenvalue weighted by Crippen LogP contribution is 2.21. The molecule has 18 heavy (non-hydrogen) atoms. The van der Waals surface area contributed by atoms with Gasteiger partial charge in [0.15, 0.2) is 0 Å². The van der Waals surface area contributed by atoms with Crippen molar-refractivity contribution in [3.05, 3.63) is 24.3 Å². The zero-order valence-electron chi connectivity index (χ0n) is 12.5. The van der Waals surface area contributed by atoms with Crippen molar-refractivity contribution in [1.29, 1.82) is 0 Å². The molecule has 0 N–H and O–H groups in total. The number of unbranched alkanes of at least 4 members (excludes halogenated alkanes) is 1. The fourth-order valence-corrected chi connectivity index (χ4v) is 6.20. The summed E-state index contributed by atoms with van der Waals surface area (Å²) in [6.45, 7) is 10.1. The molecule has 0 saturated heterocycles. The van der Waals surface area contributed by atoms with Crippen LogP contribution in [0.3, 0.4) is 0 Å². The minimum absolute atomic E-state index is 0.841. The van der Waals surface area contributed by atoms with Gasteiger partial charge < -0.3 is 4.74 Å². The molecule has 1 rings (SSSR count). The minimum atomic E-state index is -1.21. The molecule has 0 fully saturated rings. The van der Waals surface area contributed by atoms with Crippen LogP contribution in [0.5, 0.6) is 5.75 Å². The summed E-state index contributed by atoms with van der Waals surface area (Å²) in [6, 6.07) is 13.0. The minimum Gasteiger partial charge on any atom is -0.494 e. The van der Waals surface area contributed by atoms with Crippen LogP contribution < -0.4 is 9.92 Å².